The first kappa shape index (κ1) is 57.7. The van der Waals surface area contributed by atoms with Crippen molar-refractivity contribution in [3.8, 4) is 0 Å². The number of hydrogen-bond donors (Lipinski definition) is 1. The zero-order valence-corrected chi connectivity index (χ0v) is 43.0. The summed E-state index contributed by atoms with van der Waals surface area (Å²) in [6.45, 7) is 31.7. The molecule has 0 fully saturated rings. The Bertz CT molecular complexity index is 1030. The van der Waals surface area contributed by atoms with Gasteiger partial charge < -0.3 is 24.1 Å². The topological polar surface area (TPSA) is 100 Å². The lowest BCUT2D eigenvalue weighted by Gasteiger charge is -2.42. The van der Waals surface area contributed by atoms with E-state index in [0.717, 1.165) is 90.3 Å². The number of hydrogen-bond acceptors (Lipinski definition) is 8. The van der Waals surface area contributed by atoms with Crippen LogP contribution >= 0.6 is 0 Å². The van der Waals surface area contributed by atoms with Crippen LogP contribution < -0.4 is 5.73 Å². The van der Waals surface area contributed by atoms with Crippen molar-refractivity contribution in [2.75, 3.05) is 39.4 Å². The molecular weight excluding hydrogens is 769 g/mol. The molecule has 2 atom stereocenters. The third-order valence-electron chi connectivity index (χ3n) is 12.4. The molecule has 0 aromatic carbocycles. The Morgan fingerprint density at radius 3 is 1.31 bits per heavy atom. The van der Waals surface area contributed by atoms with Gasteiger partial charge in [-0.2, -0.15) is 0 Å². The van der Waals surface area contributed by atoms with Crippen LogP contribution in [0.5, 0.6) is 0 Å². The zero-order valence-electron chi connectivity index (χ0n) is 41.0. The van der Waals surface area contributed by atoms with E-state index in [-0.39, 0.29) is 34.2 Å². The van der Waals surface area contributed by atoms with Gasteiger partial charge in [0.15, 0.2) is 16.6 Å². The van der Waals surface area contributed by atoms with Gasteiger partial charge in [0.2, 0.25) is 0 Å². The Balaban J connectivity index is 5.48. The summed E-state index contributed by atoms with van der Waals surface area (Å²) in [4.78, 5) is 27.4. The van der Waals surface area contributed by atoms with Gasteiger partial charge >= 0.3 is 11.9 Å². The predicted molar refractivity (Wildman–Crippen MR) is 258 cm³/mol. The minimum Gasteiger partial charge on any atom is -0.461 e. The van der Waals surface area contributed by atoms with Crippen molar-refractivity contribution >= 4 is 28.6 Å². The second-order valence-electron chi connectivity index (χ2n) is 20.1. The molecule has 0 rings (SSSR count). The van der Waals surface area contributed by atoms with Gasteiger partial charge in [0, 0.05) is 25.9 Å². The average molecular weight is 868 g/mol. The number of unbranched alkanes of at least 4 members (excludes halogenated alkanes) is 12. The summed E-state index contributed by atoms with van der Waals surface area (Å²) in [6, 6.07) is 0. The number of rotatable bonds is 37. The van der Waals surface area contributed by atoms with Crippen LogP contribution in [-0.2, 0) is 27.9 Å². The van der Waals surface area contributed by atoms with Crippen LogP contribution in [0.4, 0.5) is 0 Å². The zero-order chi connectivity index (χ0) is 44.6. The third-order valence-corrected chi connectivity index (χ3v) is 21.5. The van der Waals surface area contributed by atoms with Crippen LogP contribution in [0.2, 0.25) is 36.3 Å². The fourth-order valence-electron chi connectivity index (χ4n) is 6.52. The van der Waals surface area contributed by atoms with Crippen molar-refractivity contribution in [2.24, 2.45) is 5.73 Å². The first-order chi connectivity index (χ1) is 27.8. The van der Waals surface area contributed by atoms with Crippen molar-refractivity contribution in [3.63, 3.8) is 0 Å². The maximum atomic E-state index is 12.4. The van der Waals surface area contributed by atoms with E-state index >= 15 is 0 Å². The maximum absolute atomic E-state index is 12.4. The summed E-state index contributed by atoms with van der Waals surface area (Å²) < 4.78 is 25.3. The molecule has 0 saturated heterocycles. The molecule has 0 spiro atoms. The van der Waals surface area contributed by atoms with Gasteiger partial charge in [0.05, 0.1) is 12.2 Å². The molecule has 2 N–H and O–H groups in total. The van der Waals surface area contributed by atoms with Crippen molar-refractivity contribution in [1.82, 2.24) is 4.90 Å². The average Bonchev–Trinajstić information content (AvgIpc) is 3.14. The maximum Gasteiger partial charge on any atom is 0.306 e. The van der Waals surface area contributed by atoms with Crippen LogP contribution in [-0.4, -0.2) is 85.1 Å². The molecule has 2 unspecified atom stereocenters. The normalized spacial score (nSPS) is 14.1. The Morgan fingerprint density at radius 2 is 0.949 bits per heavy atom. The van der Waals surface area contributed by atoms with Crippen LogP contribution in [0.3, 0.4) is 0 Å². The quantitative estimate of drug-likeness (QED) is 0.0285. The highest BCUT2D eigenvalue weighted by molar-refractivity contribution is 6.74. The van der Waals surface area contributed by atoms with Crippen LogP contribution in [0.1, 0.15) is 190 Å². The highest BCUT2D eigenvalue weighted by Gasteiger charge is 2.41. The first-order valence-corrected chi connectivity index (χ1v) is 30.0. The molecule has 8 nitrogen and oxygen atoms in total. The van der Waals surface area contributed by atoms with E-state index in [1.807, 2.05) is 12.2 Å². The standard InChI is InChI=1S/C49H98N2O6Si2/c1-13-15-17-19-21-23-31-40-54-46(52)36-29-25-27-34-44(56-58(9,10)48(3,4)5)42-51(39-33-38-50)43-45(57-59(11,12)49(6,7)8)35-28-26-30-37-47(53)55-41-32-24-22-20-18-16-14-2/h23-24,31-32,44-45H,13-22,25-30,33-43,50H2,1-12H3/b31-23-,32-24-. The van der Waals surface area contributed by atoms with Crippen molar-refractivity contribution in [3.05, 3.63) is 24.3 Å². The minimum absolute atomic E-state index is 0.0958. The van der Waals surface area contributed by atoms with Gasteiger partial charge in [-0.25, -0.2) is 0 Å². The Hall–Kier alpha value is -1.31. The van der Waals surface area contributed by atoms with Gasteiger partial charge in [0.25, 0.3) is 0 Å². The molecule has 59 heavy (non-hydrogen) atoms. The van der Waals surface area contributed by atoms with E-state index in [9.17, 15) is 9.59 Å². The fraction of sp³-hybridized carbons (Fsp3) is 0.878. The number of ether oxygens (including phenoxy) is 2. The lowest BCUT2D eigenvalue weighted by Crippen LogP contribution is -2.50. The second kappa shape index (κ2) is 33.3. The molecule has 0 saturated carbocycles. The van der Waals surface area contributed by atoms with Gasteiger partial charge in [-0.15, -0.1) is 0 Å². The molecule has 0 aromatic heterocycles. The van der Waals surface area contributed by atoms with Crippen LogP contribution in [0.25, 0.3) is 0 Å². The molecule has 0 radical (unpaired) electrons. The van der Waals surface area contributed by atoms with E-state index in [1.54, 1.807) is 0 Å². The van der Waals surface area contributed by atoms with E-state index in [2.05, 4.69) is 98.6 Å². The number of carbonyl (C=O) groups is 2. The summed E-state index contributed by atoms with van der Waals surface area (Å²) in [6.07, 6.45) is 30.0. The molecule has 0 aliphatic carbocycles. The summed E-state index contributed by atoms with van der Waals surface area (Å²) in [5.41, 5.74) is 6.11. The second-order valence-corrected chi connectivity index (χ2v) is 29.6. The number of nitrogens with two attached hydrogens (primary N) is 1. The highest BCUT2D eigenvalue weighted by atomic mass is 28.4. The Kier molecular flexibility index (Phi) is 32.5. The molecular formula is C49H98N2O6Si2. The SMILES string of the molecule is CCCCCC/C=C\COC(=O)CCCCCC(CN(CCCN)CC(CCCCCC(=O)OC/C=C\CCCCCC)O[Si](C)(C)C(C)(C)C)O[Si](C)(C)C(C)(C)C. The van der Waals surface area contributed by atoms with Crippen LogP contribution in [0, 0.1) is 0 Å². The predicted octanol–water partition coefficient (Wildman–Crippen LogP) is 13.5. The van der Waals surface area contributed by atoms with E-state index < -0.39 is 16.6 Å². The van der Waals surface area contributed by atoms with E-state index in [0.29, 0.717) is 32.6 Å². The first-order valence-electron chi connectivity index (χ1n) is 24.2. The third kappa shape index (κ3) is 30.4. The summed E-state index contributed by atoms with van der Waals surface area (Å²) in [5.74, 6) is -0.210. The molecule has 0 bridgehead atoms. The van der Waals surface area contributed by atoms with Crippen molar-refractivity contribution in [2.45, 2.75) is 239 Å². The smallest absolute Gasteiger partial charge is 0.306 e. The monoisotopic (exact) mass is 867 g/mol. The molecule has 0 aliphatic heterocycles. The van der Waals surface area contributed by atoms with Gasteiger partial charge in [-0.3, -0.25) is 14.5 Å². The molecule has 0 aromatic rings. The summed E-state index contributed by atoms with van der Waals surface area (Å²) >= 11 is 0. The molecule has 0 amide bonds. The van der Waals surface area contributed by atoms with E-state index in [1.165, 1.54) is 51.4 Å². The molecule has 348 valence electrons. The number of allylic oxidation sites excluding steroid dienone is 2. The van der Waals surface area contributed by atoms with Gasteiger partial charge in [0.1, 0.15) is 13.2 Å². The highest BCUT2D eigenvalue weighted by Crippen LogP contribution is 2.39. The largest absolute Gasteiger partial charge is 0.461 e. The number of esters is 2. The summed E-state index contributed by atoms with van der Waals surface area (Å²) in [5, 5.41) is 0.206. The minimum atomic E-state index is -2.04. The molecule has 10 heteroatoms. The number of nitrogens with zero attached hydrogens (tertiary/aromatic N) is 1. The van der Waals surface area contributed by atoms with Gasteiger partial charge in [-0.05, 0) is 107 Å². The van der Waals surface area contributed by atoms with Crippen LogP contribution in [0.15, 0.2) is 24.3 Å². The van der Waals surface area contributed by atoms with Crippen molar-refractivity contribution in [1.29, 1.82) is 0 Å². The van der Waals surface area contributed by atoms with Crippen molar-refractivity contribution < 1.29 is 27.9 Å². The van der Waals surface area contributed by atoms with Gasteiger partial charge in [-0.1, -0.05) is 144 Å². The lowest BCUT2D eigenvalue weighted by atomic mass is 10.1. The lowest BCUT2D eigenvalue weighted by molar-refractivity contribution is -0.143. The fourth-order valence-corrected chi connectivity index (χ4v) is 9.28. The number of carbonyl (C=O) groups excluding carboxylic acids is 2. The summed E-state index contributed by atoms with van der Waals surface area (Å²) in [7, 11) is -4.09. The molecule has 0 aliphatic rings. The van der Waals surface area contributed by atoms with E-state index in [4.69, 9.17) is 24.1 Å². The molecule has 0 heterocycles. The Morgan fingerprint density at radius 1 is 0.559 bits per heavy atom. The Labute approximate surface area is 368 Å².